The minimum atomic E-state index is -1.95. The number of hydrogen-bond donors (Lipinski definition) is 2. The largest absolute Gasteiger partial charge is 0.369 e. The van der Waals surface area contributed by atoms with E-state index in [1.807, 2.05) is 13.8 Å². The van der Waals surface area contributed by atoms with Gasteiger partial charge in [-0.05, 0) is 29.5 Å². The molecule has 3 N–H and O–H groups in total. The lowest BCUT2D eigenvalue weighted by molar-refractivity contribution is -0.132. The molecule has 3 nitrogen and oxygen atoms in total. The number of nitrogens with two attached hydrogens (primary N) is 1. The van der Waals surface area contributed by atoms with Crippen LogP contribution in [0.1, 0.15) is 64.9 Å². The summed E-state index contributed by atoms with van der Waals surface area (Å²) in [6.45, 7) is 5.74. The molecule has 0 aromatic heterocycles. The molecule has 0 saturated heterocycles. The number of aliphatic hydroxyl groups is 1. The lowest BCUT2D eigenvalue weighted by atomic mass is 9.75. The van der Waals surface area contributed by atoms with Crippen LogP contribution in [0.4, 0.5) is 4.39 Å². The van der Waals surface area contributed by atoms with Crippen LogP contribution in [0.2, 0.25) is 5.02 Å². The zero-order valence-electron chi connectivity index (χ0n) is 15.2. The molecule has 0 aliphatic carbocycles. The van der Waals surface area contributed by atoms with Gasteiger partial charge in [-0.15, -0.1) is 0 Å². The van der Waals surface area contributed by atoms with E-state index in [-0.39, 0.29) is 11.4 Å². The number of amides is 1. The molecule has 1 atom stereocenters. The first-order chi connectivity index (χ1) is 11.6. The lowest BCUT2D eigenvalue weighted by Gasteiger charge is -2.32. The highest BCUT2D eigenvalue weighted by atomic mass is 35.5. The second-order valence-electron chi connectivity index (χ2n) is 7.02. The molecule has 25 heavy (non-hydrogen) atoms. The highest BCUT2D eigenvalue weighted by Crippen LogP contribution is 2.36. The molecule has 1 amide bonds. The molecular formula is C20H27ClFNO2. The van der Waals surface area contributed by atoms with E-state index in [0.717, 1.165) is 25.7 Å². The van der Waals surface area contributed by atoms with E-state index in [1.165, 1.54) is 12.1 Å². The Morgan fingerprint density at radius 2 is 2.00 bits per heavy atom. The van der Waals surface area contributed by atoms with Gasteiger partial charge in [-0.3, -0.25) is 4.79 Å². The number of rotatable bonds is 8. The molecule has 0 radical (unpaired) electrons. The Bertz CT molecular complexity index is 663. The maximum Gasteiger partial charge on any atom is 0.262 e. The summed E-state index contributed by atoms with van der Waals surface area (Å²) in [5.41, 5.74) is 3.35. The molecule has 1 rings (SSSR count). The fourth-order valence-electron chi connectivity index (χ4n) is 2.81. The Hall–Kier alpha value is -1.57. The molecule has 0 aliphatic heterocycles. The summed E-state index contributed by atoms with van der Waals surface area (Å²) in [4.78, 5) is 11.8. The van der Waals surface area contributed by atoms with E-state index in [2.05, 4.69) is 18.8 Å². The first-order valence-corrected chi connectivity index (χ1v) is 8.98. The normalized spacial score (nSPS) is 13.7. The van der Waals surface area contributed by atoms with Gasteiger partial charge in [0.2, 0.25) is 5.60 Å². The molecule has 1 aromatic carbocycles. The lowest BCUT2D eigenvalue weighted by Crippen LogP contribution is -2.47. The van der Waals surface area contributed by atoms with Crippen LogP contribution in [0.3, 0.4) is 0 Å². The van der Waals surface area contributed by atoms with Crippen molar-refractivity contribution in [2.24, 2.45) is 5.73 Å². The van der Waals surface area contributed by atoms with Crippen molar-refractivity contribution in [3.63, 3.8) is 0 Å². The molecule has 0 spiro atoms. The van der Waals surface area contributed by atoms with Crippen molar-refractivity contribution < 1.29 is 14.3 Å². The summed E-state index contributed by atoms with van der Waals surface area (Å²) >= 11 is 6.12. The van der Waals surface area contributed by atoms with E-state index < -0.39 is 22.7 Å². The van der Waals surface area contributed by atoms with Crippen LogP contribution < -0.4 is 5.73 Å². The maximum atomic E-state index is 13.3. The van der Waals surface area contributed by atoms with Gasteiger partial charge in [0.1, 0.15) is 5.82 Å². The van der Waals surface area contributed by atoms with Gasteiger partial charge in [-0.2, -0.15) is 0 Å². The molecule has 0 bridgehead atoms. The third-order valence-electron chi connectivity index (χ3n) is 4.22. The quantitative estimate of drug-likeness (QED) is 0.530. The van der Waals surface area contributed by atoms with E-state index in [9.17, 15) is 14.3 Å². The van der Waals surface area contributed by atoms with Crippen molar-refractivity contribution >= 4 is 17.5 Å². The molecule has 1 aromatic rings. The van der Waals surface area contributed by atoms with E-state index in [4.69, 9.17) is 17.3 Å². The number of primary amides is 1. The van der Waals surface area contributed by atoms with Crippen molar-refractivity contribution in [2.45, 2.75) is 70.3 Å². The Kier molecular flexibility index (Phi) is 7.92. The van der Waals surface area contributed by atoms with E-state index in [0.29, 0.717) is 12.0 Å². The minimum Gasteiger partial charge on any atom is -0.369 e. The molecule has 0 aliphatic rings. The van der Waals surface area contributed by atoms with Crippen LogP contribution in [0.15, 0.2) is 18.2 Å². The maximum absolute atomic E-state index is 13.3. The average molecular weight is 368 g/mol. The van der Waals surface area contributed by atoms with Gasteiger partial charge in [0, 0.05) is 17.9 Å². The molecule has 138 valence electrons. The number of hydrogen-bond acceptors (Lipinski definition) is 2. The highest BCUT2D eigenvalue weighted by molar-refractivity contribution is 6.31. The first-order valence-electron chi connectivity index (χ1n) is 8.60. The van der Waals surface area contributed by atoms with Crippen LogP contribution in [-0.4, -0.2) is 16.6 Å². The smallest absolute Gasteiger partial charge is 0.262 e. The van der Waals surface area contributed by atoms with Crippen LogP contribution >= 0.6 is 11.6 Å². The van der Waals surface area contributed by atoms with Gasteiger partial charge in [-0.1, -0.05) is 69.5 Å². The summed E-state index contributed by atoms with van der Waals surface area (Å²) in [6.07, 6.45) is 4.83. The van der Waals surface area contributed by atoms with Gasteiger partial charge in [-0.25, -0.2) is 4.39 Å². The van der Waals surface area contributed by atoms with E-state index in [1.54, 1.807) is 6.07 Å². The van der Waals surface area contributed by atoms with Crippen molar-refractivity contribution in [1.29, 1.82) is 0 Å². The fraction of sp³-hybridized carbons (Fsp3) is 0.550. The Balaban J connectivity index is 2.95. The number of benzene rings is 1. The van der Waals surface area contributed by atoms with Gasteiger partial charge in [0.15, 0.2) is 0 Å². The Morgan fingerprint density at radius 3 is 2.56 bits per heavy atom. The summed E-state index contributed by atoms with van der Waals surface area (Å²) in [7, 11) is 0. The molecule has 5 heteroatoms. The monoisotopic (exact) mass is 367 g/mol. The molecule has 0 fully saturated rings. The second-order valence-corrected chi connectivity index (χ2v) is 7.43. The first kappa shape index (κ1) is 21.5. The average Bonchev–Trinajstić information content (AvgIpc) is 2.49. The summed E-state index contributed by atoms with van der Waals surface area (Å²) < 4.78 is 13.3. The minimum absolute atomic E-state index is 0.0252. The Labute approximate surface area is 154 Å². The SMILES string of the molecule is CCCCCCC#CC(O)(CC(C)(C)c1ccc(F)cc1Cl)C(N)=O. The third-order valence-corrected chi connectivity index (χ3v) is 4.53. The predicted molar refractivity (Wildman–Crippen MR) is 99.7 cm³/mol. The summed E-state index contributed by atoms with van der Waals surface area (Å²) in [6, 6.07) is 4.06. The summed E-state index contributed by atoms with van der Waals surface area (Å²) in [5, 5.41) is 10.9. The van der Waals surface area contributed by atoms with Crippen LogP contribution in [-0.2, 0) is 10.2 Å². The van der Waals surface area contributed by atoms with Crippen LogP contribution in [0.5, 0.6) is 0 Å². The van der Waals surface area contributed by atoms with Crippen molar-refractivity contribution in [3.05, 3.63) is 34.6 Å². The van der Waals surface area contributed by atoms with Gasteiger partial charge in [0.05, 0.1) is 0 Å². The number of unbranched alkanes of at least 4 members (excludes halogenated alkanes) is 4. The summed E-state index contributed by atoms with van der Waals surface area (Å²) in [5.74, 6) is 4.18. The van der Waals surface area contributed by atoms with Crippen LogP contribution in [0, 0.1) is 17.7 Å². The molecule has 1 unspecified atom stereocenters. The van der Waals surface area contributed by atoms with Crippen LogP contribution in [0.25, 0.3) is 0 Å². The van der Waals surface area contributed by atoms with Gasteiger partial charge in [0.25, 0.3) is 5.91 Å². The molecular weight excluding hydrogens is 341 g/mol. The van der Waals surface area contributed by atoms with E-state index >= 15 is 0 Å². The predicted octanol–water partition coefficient (Wildman–Crippen LogP) is 4.34. The van der Waals surface area contributed by atoms with Crippen molar-refractivity contribution in [1.82, 2.24) is 0 Å². The second kappa shape index (κ2) is 9.22. The number of carbonyl (C=O) groups excluding carboxylic acids is 1. The topological polar surface area (TPSA) is 63.3 Å². The highest BCUT2D eigenvalue weighted by Gasteiger charge is 2.40. The number of carbonyl (C=O) groups is 1. The number of halogens is 2. The van der Waals surface area contributed by atoms with Crippen molar-refractivity contribution in [3.8, 4) is 11.8 Å². The fourth-order valence-corrected chi connectivity index (χ4v) is 3.24. The standard InChI is InChI=1S/C20H27ClFNO2/c1-4-5-6-7-8-9-12-20(25,18(23)24)14-19(2,3)16-11-10-15(22)13-17(16)21/h10-11,13,25H,4-8,14H2,1-3H3,(H2,23,24). The van der Waals surface area contributed by atoms with Crippen molar-refractivity contribution in [2.75, 3.05) is 0 Å². The Morgan fingerprint density at radius 1 is 1.32 bits per heavy atom. The molecule has 0 saturated carbocycles. The molecule has 0 heterocycles. The van der Waals surface area contributed by atoms with Gasteiger partial charge < -0.3 is 10.8 Å². The zero-order chi connectivity index (χ0) is 19.1. The zero-order valence-corrected chi connectivity index (χ0v) is 15.9. The van der Waals surface area contributed by atoms with Gasteiger partial charge >= 0.3 is 0 Å². The third kappa shape index (κ3) is 6.34.